The number of likely N-dealkylation sites (N-methyl/N-ethyl adjacent to an activating group) is 1. The number of Topliss-reactive ketones (excluding diaryl/α,β-unsaturated/α-hetero) is 1. The molecule has 0 atom stereocenters. The molecule has 0 aromatic heterocycles. The number of hydrogen-bond donors (Lipinski definition) is 0. The van der Waals surface area contributed by atoms with Gasteiger partial charge in [-0.1, -0.05) is 26.7 Å². The van der Waals surface area contributed by atoms with Gasteiger partial charge in [-0.2, -0.15) is 0 Å². The zero-order chi connectivity index (χ0) is 10.1. The largest absolute Gasteiger partial charge is 0.297 e. The van der Waals surface area contributed by atoms with E-state index in [9.17, 15) is 4.79 Å². The second-order valence-electron chi connectivity index (χ2n) is 4.65. The van der Waals surface area contributed by atoms with E-state index in [1.165, 1.54) is 12.8 Å². The lowest BCUT2D eigenvalue weighted by Crippen LogP contribution is -2.50. The zero-order valence-electron chi connectivity index (χ0n) is 9.26. The van der Waals surface area contributed by atoms with Gasteiger partial charge in [0, 0.05) is 5.92 Å². The van der Waals surface area contributed by atoms with Crippen LogP contribution in [-0.4, -0.2) is 30.3 Å². The Labute approximate surface area is 81.3 Å². The highest BCUT2D eigenvalue weighted by atomic mass is 16.1. The molecule has 13 heavy (non-hydrogen) atoms. The number of rotatable bonds is 3. The maximum absolute atomic E-state index is 12.1. The van der Waals surface area contributed by atoms with E-state index in [0.717, 1.165) is 12.8 Å². The minimum absolute atomic E-state index is 0.131. The molecule has 0 radical (unpaired) electrons. The van der Waals surface area contributed by atoms with Crippen molar-refractivity contribution in [2.24, 2.45) is 5.92 Å². The first kappa shape index (κ1) is 10.7. The molecule has 0 aromatic rings. The first-order chi connectivity index (χ1) is 6.00. The lowest BCUT2D eigenvalue weighted by atomic mass is 9.84. The summed E-state index contributed by atoms with van der Waals surface area (Å²) >= 11 is 0. The first-order valence-electron chi connectivity index (χ1n) is 5.22. The summed E-state index contributed by atoms with van der Waals surface area (Å²) in [4.78, 5) is 14.2. The molecule has 0 aliphatic heterocycles. The zero-order valence-corrected chi connectivity index (χ0v) is 9.26. The Hall–Kier alpha value is -0.370. The van der Waals surface area contributed by atoms with Crippen molar-refractivity contribution < 1.29 is 4.79 Å². The number of carbonyl (C=O) groups is 1. The molecule has 0 aromatic carbocycles. The topological polar surface area (TPSA) is 20.3 Å². The van der Waals surface area contributed by atoms with Crippen LogP contribution >= 0.6 is 0 Å². The Morgan fingerprint density at radius 1 is 1.23 bits per heavy atom. The van der Waals surface area contributed by atoms with Crippen LogP contribution in [0.3, 0.4) is 0 Å². The Morgan fingerprint density at radius 2 is 1.69 bits per heavy atom. The van der Waals surface area contributed by atoms with Gasteiger partial charge in [-0.15, -0.1) is 0 Å². The van der Waals surface area contributed by atoms with Crippen LogP contribution in [0.2, 0.25) is 0 Å². The number of hydrogen-bond acceptors (Lipinski definition) is 2. The molecule has 0 heterocycles. The fraction of sp³-hybridized carbons (Fsp3) is 0.909. The van der Waals surface area contributed by atoms with Crippen LogP contribution in [0, 0.1) is 5.92 Å². The Kier molecular flexibility index (Phi) is 3.12. The molecule has 0 N–H and O–H groups in total. The van der Waals surface area contributed by atoms with Crippen molar-refractivity contribution in [3.63, 3.8) is 0 Å². The number of nitrogens with zero attached hydrogens (tertiary/aromatic N) is 1. The summed E-state index contributed by atoms with van der Waals surface area (Å²) in [6.07, 6.45) is 4.52. The van der Waals surface area contributed by atoms with Crippen LogP contribution in [0.25, 0.3) is 0 Å². The van der Waals surface area contributed by atoms with Crippen LogP contribution < -0.4 is 0 Å². The molecular formula is C11H21NO. The van der Waals surface area contributed by atoms with E-state index >= 15 is 0 Å². The average Bonchev–Trinajstić information content (AvgIpc) is 2.51. The van der Waals surface area contributed by atoms with Gasteiger partial charge in [0.1, 0.15) is 0 Å². The molecule has 1 aliphatic rings. The van der Waals surface area contributed by atoms with Gasteiger partial charge in [-0.05, 0) is 26.9 Å². The predicted octanol–water partition coefficient (Wildman–Crippen LogP) is 2.09. The Bertz CT molecular complexity index is 190. The van der Waals surface area contributed by atoms with Crippen molar-refractivity contribution >= 4 is 5.78 Å². The Balaban J connectivity index is 2.84. The summed E-state index contributed by atoms with van der Waals surface area (Å²) in [5.41, 5.74) is -0.131. The van der Waals surface area contributed by atoms with Gasteiger partial charge in [0.15, 0.2) is 5.78 Å². The highest BCUT2D eigenvalue weighted by molar-refractivity contribution is 5.90. The second kappa shape index (κ2) is 3.79. The minimum Gasteiger partial charge on any atom is -0.297 e. The monoisotopic (exact) mass is 183 g/mol. The van der Waals surface area contributed by atoms with E-state index in [0.29, 0.717) is 5.78 Å². The predicted molar refractivity (Wildman–Crippen MR) is 54.7 cm³/mol. The maximum atomic E-state index is 12.1. The van der Waals surface area contributed by atoms with E-state index in [4.69, 9.17) is 0 Å². The minimum atomic E-state index is -0.131. The molecule has 0 spiro atoms. The van der Waals surface area contributed by atoms with Crippen molar-refractivity contribution in [2.45, 2.75) is 45.1 Å². The van der Waals surface area contributed by atoms with Gasteiger partial charge in [0.05, 0.1) is 5.54 Å². The molecule has 0 saturated heterocycles. The van der Waals surface area contributed by atoms with E-state index < -0.39 is 0 Å². The molecule has 76 valence electrons. The highest BCUT2D eigenvalue weighted by Gasteiger charge is 2.43. The fourth-order valence-electron chi connectivity index (χ4n) is 2.41. The summed E-state index contributed by atoms with van der Waals surface area (Å²) < 4.78 is 0. The van der Waals surface area contributed by atoms with E-state index in [2.05, 4.69) is 4.90 Å². The average molecular weight is 183 g/mol. The quantitative estimate of drug-likeness (QED) is 0.667. The second-order valence-corrected chi connectivity index (χ2v) is 4.65. The number of carbonyl (C=O) groups excluding carboxylic acids is 1. The molecular weight excluding hydrogens is 162 g/mol. The molecule has 0 unspecified atom stereocenters. The molecule has 1 rings (SSSR count). The summed E-state index contributed by atoms with van der Waals surface area (Å²) in [5, 5.41) is 0. The van der Waals surface area contributed by atoms with Gasteiger partial charge < -0.3 is 0 Å². The Morgan fingerprint density at radius 3 is 2.00 bits per heavy atom. The lowest BCUT2D eigenvalue weighted by molar-refractivity contribution is -0.132. The van der Waals surface area contributed by atoms with Crippen LogP contribution in [-0.2, 0) is 4.79 Å². The SMILES string of the molecule is CC(C)C(=O)C1(N(C)C)CCCC1. The summed E-state index contributed by atoms with van der Waals surface area (Å²) in [5.74, 6) is 0.593. The van der Waals surface area contributed by atoms with Crippen molar-refractivity contribution in [1.82, 2.24) is 4.90 Å². The molecule has 2 heteroatoms. The highest BCUT2D eigenvalue weighted by Crippen LogP contribution is 2.36. The van der Waals surface area contributed by atoms with Crippen molar-refractivity contribution in [3.8, 4) is 0 Å². The summed E-state index contributed by atoms with van der Waals surface area (Å²) in [6, 6.07) is 0. The van der Waals surface area contributed by atoms with Crippen LogP contribution in [0.5, 0.6) is 0 Å². The molecule has 1 saturated carbocycles. The van der Waals surface area contributed by atoms with Crippen LogP contribution in [0.1, 0.15) is 39.5 Å². The molecule has 0 amide bonds. The molecule has 2 nitrogen and oxygen atoms in total. The number of ketones is 1. The van der Waals surface area contributed by atoms with Gasteiger partial charge in [-0.25, -0.2) is 0 Å². The standard InChI is InChI=1S/C11H21NO/c1-9(2)10(13)11(12(3)4)7-5-6-8-11/h9H,5-8H2,1-4H3. The van der Waals surface area contributed by atoms with Crippen LogP contribution in [0.4, 0.5) is 0 Å². The van der Waals surface area contributed by atoms with Crippen molar-refractivity contribution in [3.05, 3.63) is 0 Å². The van der Waals surface area contributed by atoms with E-state index in [1.54, 1.807) is 0 Å². The molecule has 0 bridgehead atoms. The third-order valence-corrected chi connectivity index (χ3v) is 3.27. The van der Waals surface area contributed by atoms with Gasteiger partial charge in [0.25, 0.3) is 0 Å². The van der Waals surface area contributed by atoms with E-state index in [1.807, 2.05) is 27.9 Å². The molecule has 1 aliphatic carbocycles. The lowest BCUT2D eigenvalue weighted by Gasteiger charge is -2.36. The van der Waals surface area contributed by atoms with Gasteiger partial charge in [0.2, 0.25) is 0 Å². The van der Waals surface area contributed by atoms with Gasteiger partial charge in [-0.3, -0.25) is 9.69 Å². The first-order valence-corrected chi connectivity index (χ1v) is 5.22. The fourth-order valence-corrected chi connectivity index (χ4v) is 2.41. The van der Waals surface area contributed by atoms with Gasteiger partial charge >= 0.3 is 0 Å². The van der Waals surface area contributed by atoms with Crippen molar-refractivity contribution in [2.75, 3.05) is 14.1 Å². The van der Waals surface area contributed by atoms with Crippen molar-refractivity contribution in [1.29, 1.82) is 0 Å². The smallest absolute Gasteiger partial charge is 0.155 e. The third kappa shape index (κ3) is 1.78. The third-order valence-electron chi connectivity index (χ3n) is 3.27. The maximum Gasteiger partial charge on any atom is 0.155 e. The normalized spacial score (nSPS) is 21.4. The summed E-state index contributed by atoms with van der Waals surface area (Å²) in [7, 11) is 4.07. The van der Waals surface area contributed by atoms with E-state index in [-0.39, 0.29) is 11.5 Å². The van der Waals surface area contributed by atoms with Crippen LogP contribution in [0.15, 0.2) is 0 Å². The molecule has 1 fully saturated rings. The summed E-state index contributed by atoms with van der Waals surface area (Å²) in [6.45, 7) is 4.01.